The second kappa shape index (κ2) is 5.25. The summed E-state index contributed by atoms with van der Waals surface area (Å²) in [6.07, 6.45) is 2.19. The summed E-state index contributed by atoms with van der Waals surface area (Å²) in [7, 11) is 0. The molecule has 4 N–H and O–H groups in total. The molecule has 2 aromatic rings. The van der Waals surface area contributed by atoms with Crippen molar-refractivity contribution in [1.29, 1.82) is 0 Å². The molecule has 3 rings (SSSR count). The van der Waals surface area contributed by atoms with Crippen LogP contribution in [-0.2, 0) is 6.42 Å². The summed E-state index contributed by atoms with van der Waals surface area (Å²) in [5, 5.41) is 6.11. The van der Waals surface area contributed by atoms with Crippen molar-refractivity contribution in [2.75, 3.05) is 10.6 Å². The monoisotopic (exact) mass is 267 g/mol. The maximum Gasteiger partial charge on any atom is 0.316 e. The number of amides is 2. The summed E-state index contributed by atoms with van der Waals surface area (Å²) < 4.78 is 0. The van der Waals surface area contributed by atoms with E-state index in [9.17, 15) is 4.79 Å². The van der Waals surface area contributed by atoms with Crippen molar-refractivity contribution < 1.29 is 4.79 Å². The first kappa shape index (κ1) is 12.5. The Morgan fingerprint density at radius 1 is 1.10 bits per heavy atom. The van der Waals surface area contributed by atoms with Gasteiger partial charge in [-0.15, -0.1) is 0 Å². The highest BCUT2D eigenvalue weighted by Gasteiger charge is 2.21. The molecular weight excluding hydrogens is 250 g/mol. The lowest BCUT2D eigenvalue weighted by Gasteiger charge is -2.16. The average Bonchev–Trinajstić information content (AvgIpc) is 2.82. The molecule has 4 heteroatoms. The van der Waals surface area contributed by atoms with Gasteiger partial charge in [0, 0.05) is 11.4 Å². The van der Waals surface area contributed by atoms with Crippen LogP contribution in [0.25, 0.3) is 0 Å². The molecule has 0 heterocycles. The normalized spacial score (nSPS) is 16.5. The maximum absolute atomic E-state index is 10.9. The number of fused-ring (bicyclic) bond motifs is 1. The molecule has 1 unspecified atom stereocenters. The first-order chi connectivity index (χ1) is 9.72. The summed E-state index contributed by atoms with van der Waals surface area (Å²) >= 11 is 0. The number of carbonyl (C=O) groups excluding carboxylic acids is 1. The standard InChI is InChI=1S/C16H17N3O/c17-16(20)19-13-6-3-5-12(10-13)18-15-9-8-11-4-1-2-7-14(11)15/h1-7,10,15,18H,8-9H2,(H3,17,19,20). The molecular formula is C16H17N3O. The van der Waals surface area contributed by atoms with Crippen LogP contribution in [0.2, 0.25) is 0 Å². The minimum atomic E-state index is -0.548. The fraction of sp³-hybridized carbons (Fsp3) is 0.188. The van der Waals surface area contributed by atoms with Gasteiger partial charge in [-0.05, 0) is 42.2 Å². The summed E-state index contributed by atoms with van der Waals surface area (Å²) in [5.74, 6) is 0. The van der Waals surface area contributed by atoms with Gasteiger partial charge >= 0.3 is 6.03 Å². The average molecular weight is 267 g/mol. The highest BCUT2D eigenvalue weighted by Crippen LogP contribution is 2.33. The van der Waals surface area contributed by atoms with Crippen molar-refractivity contribution in [3.8, 4) is 0 Å². The number of rotatable bonds is 3. The third-order valence-corrected chi connectivity index (χ3v) is 3.60. The number of aryl methyl sites for hydroxylation is 1. The van der Waals surface area contributed by atoms with Gasteiger partial charge in [-0.3, -0.25) is 0 Å². The molecule has 0 aliphatic heterocycles. The van der Waals surface area contributed by atoms with Crippen molar-refractivity contribution >= 4 is 17.4 Å². The number of anilines is 2. The van der Waals surface area contributed by atoms with Crippen molar-refractivity contribution in [3.63, 3.8) is 0 Å². The molecule has 20 heavy (non-hydrogen) atoms. The van der Waals surface area contributed by atoms with E-state index in [1.165, 1.54) is 11.1 Å². The Morgan fingerprint density at radius 2 is 1.90 bits per heavy atom. The summed E-state index contributed by atoms with van der Waals surface area (Å²) in [4.78, 5) is 10.9. The van der Waals surface area contributed by atoms with Gasteiger partial charge in [-0.25, -0.2) is 4.79 Å². The predicted molar refractivity (Wildman–Crippen MR) is 80.8 cm³/mol. The lowest BCUT2D eigenvalue weighted by atomic mass is 10.1. The molecule has 0 radical (unpaired) electrons. The lowest BCUT2D eigenvalue weighted by molar-refractivity contribution is 0.259. The van der Waals surface area contributed by atoms with Gasteiger partial charge in [0.1, 0.15) is 0 Å². The number of nitrogens with two attached hydrogens (primary N) is 1. The van der Waals surface area contributed by atoms with E-state index in [1.807, 2.05) is 24.3 Å². The topological polar surface area (TPSA) is 67.2 Å². The van der Waals surface area contributed by atoms with Gasteiger partial charge < -0.3 is 16.4 Å². The van der Waals surface area contributed by atoms with E-state index in [2.05, 4.69) is 34.9 Å². The van der Waals surface area contributed by atoms with Crippen LogP contribution in [0, 0.1) is 0 Å². The Labute approximate surface area is 118 Å². The lowest BCUT2D eigenvalue weighted by Crippen LogP contribution is -2.19. The van der Waals surface area contributed by atoms with Crippen LogP contribution in [0.3, 0.4) is 0 Å². The zero-order chi connectivity index (χ0) is 13.9. The van der Waals surface area contributed by atoms with E-state index in [4.69, 9.17) is 5.73 Å². The zero-order valence-corrected chi connectivity index (χ0v) is 11.1. The summed E-state index contributed by atoms with van der Waals surface area (Å²) in [6.45, 7) is 0. The number of urea groups is 1. The number of hydrogen-bond donors (Lipinski definition) is 3. The smallest absolute Gasteiger partial charge is 0.316 e. The molecule has 4 nitrogen and oxygen atoms in total. The number of hydrogen-bond acceptors (Lipinski definition) is 2. The van der Waals surface area contributed by atoms with E-state index >= 15 is 0 Å². The molecule has 0 fully saturated rings. The van der Waals surface area contributed by atoms with Crippen LogP contribution in [-0.4, -0.2) is 6.03 Å². The maximum atomic E-state index is 10.9. The fourth-order valence-electron chi connectivity index (χ4n) is 2.74. The van der Waals surface area contributed by atoms with E-state index in [1.54, 1.807) is 0 Å². The van der Waals surface area contributed by atoms with Crippen molar-refractivity contribution in [1.82, 2.24) is 0 Å². The van der Waals surface area contributed by atoms with Crippen LogP contribution in [0.5, 0.6) is 0 Å². The number of nitrogens with one attached hydrogen (secondary N) is 2. The van der Waals surface area contributed by atoms with E-state index in [0.29, 0.717) is 11.7 Å². The predicted octanol–water partition coefficient (Wildman–Crippen LogP) is 3.28. The molecule has 0 saturated heterocycles. The van der Waals surface area contributed by atoms with Crippen LogP contribution >= 0.6 is 0 Å². The van der Waals surface area contributed by atoms with Crippen LogP contribution in [0.4, 0.5) is 16.2 Å². The van der Waals surface area contributed by atoms with E-state index in [0.717, 1.165) is 18.5 Å². The SMILES string of the molecule is NC(=O)Nc1cccc(NC2CCc3ccccc32)c1. The molecule has 2 aromatic carbocycles. The molecule has 0 saturated carbocycles. The second-order valence-corrected chi connectivity index (χ2v) is 5.00. The summed E-state index contributed by atoms with van der Waals surface area (Å²) in [6, 6.07) is 15.9. The number of benzene rings is 2. The first-order valence-electron chi connectivity index (χ1n) is 6.73. The zero-order valence-electron chi connectivity index (χ0n) is 11.1. The molecule has 0 bridgehead atoms. The molecule has 1 aliphatic carbocycles. The Hall–Kier alpha value is -2.49. The van der Waals surface area contributed by atoms with Crippen molar-refractivity contribution in [3.05, 3.63) is 59.7 Å². The summed E-state index contributed by atoms with van der Waals surface area (Å²) in [5.41, 5.74) is 9.59. The third kappa shape index (κ3) is 2.59. The van der Waals surface area contributed by atoms with E-state index < -0.39 is 6.03 Å². The van der Waals surface area contributed by atoms with Gasteiger partial charge in [0.25, 0.3) is 0 Å². The van der Waals surface area contributed by atoms with Gasteiger partial charge in [0.15, 0.2) is 0 Å². The third-order valence-electron chi connectivity index (χ3n) is 3.60. The Balaban J connectivity index is 1.77. The highest BCUT2D eigenvalue weighted by molar-refractivity contribution is 5.88. The van der Waals surface area contributed by atoms with E-state index in [-0.39, 0.29) is 0 Å². The van der Waals surface area contributed by atoms with Gasteiger partial charge in [-0.2, -0.15) is 0 Å². The number of primary amides is 1. The minimum absolute atomic E-state index is 0.329. The van der Waals surface area contributed by atoms with Crippen molar-refractivity contribution in [2.45, 2.75) is 18.9 Å². The molecule has 1 atom stereocenters. The van der Waals surface area contributed by atoms with Crippen LogP contribution in [0.1, 0.15) is 23.6 Å². The first-order valence-corrected chi connectivity index (χ1v) is 6.73. The van der Waals surface area contributed by atoms with Crippen LogP contribution < -0.4 is 16.4 Å². The Bertz CT molecular complexity index is 639. The molecule has 0 aromatic heterocycles. The van der Waals surface area contributed by atoms with Crippen LogP contribution in [0.15, 0.2) is 48.5 Å². The molecule has 102 valence electrons. The minimum Gasteiger partial charge on any atom is -0.378 e. The van der Waals surface area contributed by atoms with Crippen molar-refractivity contribution in [2.24, 2.45) is 5.73 Å². The second-order valence-electron chi connectivity index (χ2n) is 5.00. The molecule has 1 aliphatic rings. The number of carbonyl (C=O) groups is 1. The van der Waals surface area contributed by atoms with Gasteiger partial charge in [0.2, 0.25) is 0 Å². The van der Waals surface area contributed by atoms with Gasteiger partial charge in [0.05, 0.1) is 6.04 Å². The largest absolute Gasteiger partial charge is 0.378 e. The fourth-order valence-corrected chi connectivity index (χ4v) is 2.74. The quantitative estimate of drug-likeness (QED) is 0.799. The van der Waals surface area contributed by atoms with Gasteiger partial charge in [-0.1, -0.05) is 30.3 Å². The Kier molecular flexibility index (Phi) is 3.29. The molecule has 0 spiro atoms. The molecule has 2 amide bonds. The Morgan fingerprint density at radius 3 is 2.75 bits per heavy atom. The highest BCUT2D eigenvalue weighted by atomic mass is 16.2.